The van der Waals surface area contributed by atoms with Crippen LogP contribution in [-0.4, -0.2) is 30.1 Å². The Morgan fingerprint density at radius 3 is 2.53 bits per heavy atom. The zero-order valence-corrected chi connectivity index (χ0v) is 18.8. The number of carbonyl (C=O) groups excluding carboxylic acids is 2. The van der Waals surface area contributed by atoms with Crippen LogP contribution in [-0.2, 0) is 9.53 Å². The molecule has 4 aromatic rings. The first-order chi connectivity index (χ1) is 16.4. The molecule has 0 aliphatic carbocycles. The topological polar surface area (TPSA) is 77.5 Å². The molecular weight excluding hydrogens is 435 g/mol. The first-order valence-corrected chi connectivity index (χ1v) is 10.8. The summed E-state index contributed by atoms with van der Waals surface area (Å²) in [5, 5.41) is 3.20. The molecule has 0 unspecified atom stereocenters. The van der Waals surface area contributed by atoms with E-state index in [1.165, 1.54) is 6.07 Å². The van der Waals surface area contributed by atoms with E-state index in [0.29, 0.717) is 39.2 Å². The van der Waals surface area contributed by atoms with Crippen molar-refractivity contribution in [3.8, 4) is 17.0 Å². The van der Waals surface area contributed by atoms with Gasteiger partial charge in [-0.2, -0.15) is 0 Å². The Kier molecular flexibility index (Phi) is 6.82. The lowest BCUT2D eigenvalue weighted by Gasteiger charge is -2.13. The molecule has 1 N–H and O–H groups in total. The third-order valence-electron chi connectivity index (χ3n) is 5.17. The number of benzene rings is 3. The first-order valence-electron chi connectivity index (χ1n) is 10.8. The fourth-order valence-corrected chi connectivity index (χ4v) is 3.42. The number of carbonyl (C=O) groups is 2. The number of fused-ring (bicyclic) bond motifs is 1. The summed E-state index contributed by atoms with van der Waals surface area (Å²) in [7, 11) is 0. The number of pyridine rings is 1. The van der Waals surface area contributed by atoms with E-state index >= 15 is 0 Å². The van der Waals surface area contributed by atoms with Gasteiger partial charge in [0.1, 0.15) is 11.6 Å². The van der Waals surface area contributed by atoms with Crippen molar-refractivity contribution in [2.45, 2.75) is 13.8 Å². The number of esters is 1. The number of nitrogens with one attached hydrogen (secondary N) is 1. The lowest BCUT2D eigenvalue weighted by molar-refractivity contribution is -0.118. The molecule has 7 heteroatoms. The van der Waals surface area contributed by atoms with Gasteiger partial charge >= 0.3 is 5.97 Å². The van der Waals surface area contributed by atoms with Crippen LogP contribution in [0.2, 0.25) is 0 Å². The predicted octanol–water partition coefficient (Wildman–Crippen LogP) is 5.54. The van der Waals surface area contributed by atoms with Crippen LogP contribution in [0.15, 0.2) is 72.8 Å². The molecule has 6 nitrogen and oxygen atoms in total. The van der Waals surface area contributed by atoms with Crippen LogP contribution >= 0.6 is 0 Å². The number of nitrogens with zero attached hydrogens (tertiary/aromatic N) is 1. The molecule has 0 spiro atoms. The molecule has 1 amide bonds. The number of halogens is 1. The molecular formula is C27H23FN2O4. The zero-order chi connectivity index (χ0) is 24.1. The Balaban J connectivity index is 1.64. The van der Waals surface area contributed by atoms with Gasteiger partial charge in [0.15, 0.2) is 6.61 Å². The molecule has 0 aliphatic heterocycles. The summed E-state index contributed by atoms with van der Waals surface area (Å²) in [6.07, 6.45) is 0. The van der Waals surface area contributed by atoms with Crippen molar-refractivity contribution < 1.29 is 23.5 Å². The van der Waals surface area contributed by atoms with Gasteiger partial charge in [-0.15, -0.1) is 0 Å². The smallest absolute Gasteiger partial charge is 0.338 e. The van der Waals surface area contributed by atoms with E-state index in [4.69, 9.17) is 14.5 Å². The summed E-state index contributed by atoms with van der Waals surface area (Å²) < 4.78 is 24.8. The summed E-state index contributed by atoms with van der Waals surface area (Å²) in [4.78, 5) is 29.4. The summed E-state index contributed by atoms with van der Waals surface area (Å²) in [5.41, 5.74) is 3.32. The molecule has 0 radical (unpaired) electrons. The third-order valence-corrected chi connectivity index (χ3v) is 5.17. The second-order valence-corrected chi connectivity index (χ2v) is 7.62. The molecule has 1 aromatic heterocycles. The molecule has 3 aromatic carbocycles. The number of hydrogen-bond acceptors (Lipinski definition) is 5. The van der Waals surface area contributed by atoms with Gasteiger partial charge in [-0.1, -0.05) is 36.4 Å². The van der Waals surface area contributed by atoms with Crippen molar-refractivity contribution in [2.24, 2.45) is 0 Å². The van der Waals surface area contributed by atoms with Crippen molar-refractivity contribution in [3.05, 3.63) is 89.7 Å². The standard InChI is InChI=1S/C27H23FN2O4/c1-3-33-27(32)19-10-12-23-21(13-19)25(15-24(30-23)18-7-5-4-6-8-18)34-16-26(31)29-20-11-9-17(2)22(28)14-20/h4-15H,3,16H2,1-2H3,(H,29,31). The number of aryl methyl sites for hydroxylation is 1. The van der Waals surface area contributed by atoms with E-state index in [1.807, 2.05) is 30.3 Å². The molecule has 4 rings (SSSR count). The maximum absolute atomic E-state index is 13.8. The van der Waals surface area contributed by atoms with Crippen molar-refractivity contribution in [3.63, 3.8) is 0 Å². The van der Waals surface area contributed by atoms with Crippen LogP contribution in [0.5, 0.6) is 5.75 Å². The van der Waals surface area contributed by atoms with E-state index in [0.717, 1.165) is 5.56 Å². The van der Waals surface area contributed by atoms with Gasteiger partial charge in [-0.3, -0.25) is 4.79 Å². The van der Waals surface area contributed by atoms with E-state index < -0.39 is 17.7 Å². The molecule has 0 aliphatic rings. The summed E-state index contributed by atoms with van der Waals surface area (Å²) >= 11 is 0. The Bertz CT molecular complexity index is 1360. The van der Waals surface area contributed by atoms with Crippen molar-refractivity contribution in [1.82, 2.24) is 4.98 Å². The highest BCUT2D eigenvalue weighted by Gasteiger charge is 2.15. The average Bonchev–Trinajstić information content (AvgIpc) is 2.85. The van der Waals surface area contributed by atoms with Crippen LogP contribution in [0.3, 0.4) is 0 Å². The van der Waals surface area contributed by atoms with Gasteiger partial charge in [0.05, 0.1) is 23.4 Å². The van der Waals surface area contributed by atoms with E-state index in [9.17, 15) is 14.0 Å². The van der Waals surface area contributed by atoms with Crippen LogP contribution < -0.4 is 10.1 Å². The van der Waals surface area contributed by atoms with E-state index in [-0.39, 0.29) is 13.2 Å². The number of rotatable bonds is 7. The van der Waals surface area contributed by atoms with Gasteiger partial charge in [0.2, 0.25) is 0 Å². The number of amides is 1. The monoisotopic (exact) mass is 458 g/mol. The fourth-order valence-electron chi connectivity index (χ4n) is 3.42. The highest BCUT2D eigenvalue weighted by Crippen LogP contribution is 2.31. The Morgan fingerprint density at radius 2 is 1.79 bits per heavy atom. The Labute approximate surface area is 196 Å². The molecule has 1 heterocycles. The molecule has 0 saturated heterocycles. The molecule has 172 valence electrons. The predicted molar refractivity (Wildman–Crippen MR) is 128 cm³/mol. The van der Waals surface area contributed by atoms with Crippen molar-refractivity contribution >= 4 is 28.5 Å². The van der Waals surface area contributed by atoms with Crippen LogP contribution in [0.1, 0.15) is 22.8 Å². The second-order valence-electron chi connectivity index (χ2n) is 7.62. The highest BCUT2D eigenvalue weighted by molar-refractivity contribution is 5.97. The van der Waals surface area contributed by atoms with Crippen LogP contribution in [0.4, 0.5) is 10.1 Å². The lowest BCUT2D eigenvalue weighted by atomic mass is 10.1. The minimum absolute atomic E-state index is 0.255. The largest absolute Gasteiger partial charge is 0.483 e. The zero-order valence-electron chi connectivity index (χ0n) is 18.8. The number of hydrogen-bond donors (Lipinski definition) is 1. The van der Waals surface area contributed by atoms with Gasteiger partial charge in [-0.25, -0.2) is 14.2 Å². The van der Waals surface area contributed by atoms with E-state index in [2.05, 4.69) is 5.32 Å². The van der Waals surface area contributed by atoms with E-state index in [1.54, 1.807) is 50.2 Å². The summed E-state index contributed by atoms with van der Waals surface area (Å²) in [6.45, 7) is 3.32. The van der Waals surface area contributed by atoms with Crippen molar-refractivity contribution in [1.29, 1.82) is 0 Å². The number of aromatic nitrogens is 1. The number of anilines is 1. The van der Waals surface area contributed by atoms with Gasteiger partial charge in [0.25, 0.3) is 5.91 Å². The third kappa shape index (κ3) is 5.20. The minimum atomic E-state index is -0.457. The van der Waals surface area contributed by atoms with Gasteiger partial charge in [-0.05, 0) is 49.7 Å². The SMILES string of the molecule is CCOC(=O)c1ccc2nc(-c3ccccc3)cc(OCC(=O)Nc3ccc(C)c(F)c3)c2c1. The molecule has 0 atom stereocenters. The van der Waals surface area contributed by atoms with Crippen molar-refractivity contribution in [2.75, 3.05) is 18.5 Å². The Hall–Kier alpha value is -4.26. The lowest BCUT2D eigenvalue weighted by Crippen LogP contribution is -2.20. The highest BCUT2D eigenvalue weighted by atomic mass is 19.1. The second kappa shape index (κ2) is 10.1. The quantitative estimate of drug-likeness (QED) is 0.368. The van der Waals surface area contributed by atoms with Gasteiger partial charge < -0.3 is 14.8 Å². The Morgan fingerprint density at radius 1 is 1.00 bits per heavy atom. The normalized spacial score (nSPS) is 10.7. The summed E-state index contributed by atoms with van der Waals surface area (Å²) in [5.74, 6) is -0.921. The maximum Gasteiger partial charge on any atom is 0.338 e. The van der Waals surface area contributed by atoms with Gasteiger partial charge in [0, 0.05) is 22.7 Å². The molecule has 34 heavy (non-hydrogen) atoms. The van der Waals surface area contributed by atoms with Crippen LogP contribution in [0, 0.1) is 12.7 Å². The fraction of sp³-hybridized carbons (Fsp3) is 0.148. The first kappa shape index (κ1) is 22.9. The molecule has 0 saturated carbocycles. The molecule has 0 bridgehead atoms. The number of ether oxygens (including phenoxy) is 2. The average molecular weight is 458 g/mol. The minimum Gasteiger partial charge on any atom is -0.483 e. The maximum atomic E-state index is 13.8. The molecule has 0 fully saturated rings. The van der Waals surface area contributed by atoms with Crippen LogP contribution in [0.25, 0.3) is 22.2 Å². The summed E-state index contributed by atoms with van der Waals surface area (Å²) in [6, 6.07) is 20.7.